The molecule has 2 aliphatic rings. The van der Waals surface area contributed by atoms with Crippen LogP contribution in [0.25, 0.3) is 0 Å². The van der Waals surface area contributed by atoms with Gasteiger partial charge in [0, 0.05) is 55.3 Å². The van der Waals surface area contributed by atoms with Crippen LogP contribution in [0.5, 0.6) is 0 Å². The van der Waals surface area contributed by atoms with Crippen molar-refractivity contribution in [1.29, 1.82) is 0 Å². The Kier molecular flexibility index (Phi) is 6.24. The summed E-state index contributed by atoms with van der Waals surface area (Å²) in [6.45, 7) is 3.86. The molecule has 0 aliphatic carbocycles. The molecule has 156 valence electrons. The number of benzene rings is 1. The molecule has 2 saturated heterocycles. The van der Waals surface area contributed by atoms with Crippen molar-refractivity contribution in [3.05, 3.63) is 39.8 Å². The van der Waals surface area contributed by atoms with Gasteiger partial charge in [-0.2, -0.15) is 4.31 Å². The summed E-state index contributed by atoms with van der Waals surface area (Å²) in [5.41, 5.74) is 0.396. The first-order chi connectivity index (χ1) is 14.0. The molecule has 0 atom stereocenters. The smallest absolute Gasteiger partial charge is 0.255 e. The average Bonchev–Trinajstić information content (AvgIpc) is 3.39. The number of anilines is 1. The van der Waals surface area contributed by atoms with E-state index < -0.39 is 10.0 Å². The average molecular weight is 499 g/mol. The molecule has 3 heterocycles. The molecule has 1 aromatic heterocycles. The van der Waals surface area contributed by atoms with Crippen LogP contribution in [0.1, 0.15) is 29.6 Å². The second kappa shape index (κ2) is 8.71. The zero-order valence-electron chi connectivity index (χ0n) is 16.0. The van der Waals surface area contributed by atoms with Gasteiger partial charge >= 0.3 is 0 Å². The summed E-state index contributed by atoms with van der Waals surface area (Å²) in [4.78, 5) is 21.8. The molecule has 10 heteroatoms. The highest BCUT2D eigenvalue weighted by molar-refractivity contribution is 9.10. The van der Waals surface area contributed by atoms with Crippen molar-refractivity contribution in [3.63, 3.8) is 0 Å². The van der Waals surface area contributed by atoms with E-state index in [9.17, 15) is 13.2 Å². The first-order valence-electron chi connectivity index (χ1n) is 9.70. The minimum atomic E-state index is -3.56. The van der Waals surface area contributed by atoms with Crippen molar-refractivity contribution in [3.8, 4) is 0 Å². The molecule has 0 spiro atoms. The Bertz CT molecular complexity index is 975. The standard InChI is InChI=1S/C19H23BrN4O3S2/c20-17-5-4-15(29(26,27)24-9-1-2-10-24)14-16(17)18(25)22-7-3-8-23(12-11-22)19-21-6-13-28-19/h4-6,13-14H,1-3,7-12H2. The van der Waals surface area contributed by atoms with Crippen LogP contribution in [0.3, 0.4) is 0 Å². The number of aromatic nitrogens is 1. The Labute approximate surface area is 183 Å². The van der Waals surface area contributed by atoms with Gasteiger partial charge in [-0.25, -0.2) is 13.4 Å². The second-order valence-electron chi connectivity index (χ2n) is 7.20. The highest BCUT2D eigenvalue weighted by Gasteiger charge is 2.29. The van der Waals surface area contributed by atoms with Crippen LogP contribution >= 0.6 is 27.3 Å². The molecule has 1 amide bonds. The molecule has 2 aliphatic heterocycles. The number of carbonyl (C=O) groups excluding carboxylic acids is 1. The lowest BCUT2D eigenvalue weighted by atomic mass is 10.2. The minimum absolute atomic E-state index is 0.142. The molecular weight excluding hydrogens is 476 g/mol. The largest absolute Gasteiger partial charge is 0.346 e. The molecule has 0 radical (unpaired) electrons. The number of halogens is 1. The molecule has 0 bridgehead atoms. The van der Waals surface area contributed by atoms with Gasteiger partial charge in [0.05, 0.1) is 10.5 Å². The molecule has 7 nitrogen and oxygen atoms in total. The number of rotatable bonds is 4. The van der Waals surface area contributed by atoms with Crippen molar-refractivity contribution < 1.29 is 13.2 Å². The molecule has 1 aromatic carbocycles. The Balaban J connectivity index is 1.54. The highest BCUT2D eigenvalue weighted by Crippen LogP contribution is 2.27. The summed E-state index contributed by atoms with van der Waals surface area (Å²) in [7, 11) is -3.56. The number of carbonyl (C=O) groups is 1. The van der Waals surface area contributed by atoms with Gasteiger partial charge in [0.15, 0.2) is 5.13 Å². The Morgan fingerprint density at radius 1 is 1.03 bits per heavy atom. The lowest BCUT2D eigenvalue weighted by Crippen LogP contribution is -2.35. The number of nitrogens with zero attached hydrogens (tertiary/aromatic N) is 4. The number of amides is 1. The van der Waals surface area contributed by atoms with E-state index in [-0.39, 0.29) is 10.8 Å². The third-order valence-electron chi connectivity index (χ3n) is 5.34. The topological polar surface area (TPSA) is 73.8 Å². The number of hydrogen-bond acceptors (Lipinski definition) is 6. The van der Waals surface area contributed by atoms with Crippen LogP contribution in [0.4, 0.5) is 5.13 Å². The summed E-state index contributed by atoms with van der Waals surface area (Å²) in [5.74, 6) is -0.142. The normalized spacial score (nSPS) is 18.8. The van der Waals surface area contributed by atoms with E-state index in [0.29, 0.717) is 42.8 Å². The second-order valence-corrected chi connectivity index (χ2v) is 10.9. The van der Waals surface area contributed by atoms with Crippen LogP contribution in [0, 0.1) is 0 Å². The number of sulfonamides is 1. The fraction of sp³-hybridized carbons (Fsp3) is 0.474. The molecule has 4 rings (SSSR count). The van der Waals surface area contributed by atoms with Gasteiger partial charge in [-0.15, -0.1) is 11.3 Å². The van der Waals surface area contributed by atoms with Crippen molar-refractivity contribution in [1.82, 2.24) is 14.2 Å². The zero-order valence-corrected chi connectivity index (χ0v) is 19.2. The summed E-state index contributed by atoms with van der Waals surface area (Å²) >= 11 is 5.03. The first kappa shape index (κ1) is 20.8. The van der Waals surface area contributed by atoms with Gasteiger partial charge in [0.2, 0.25) is 10.0 Å². The number of hydrogen-bond donors (Lipinski definition) is 0. The summed E-state index contributed by atoms with van der Waals surface area (Å²) in [5, 5.41) is 2.92. The number of thiazole rings is 1. The summed E-state index contributed by atoms with van der Waals surface area (Å²) in [6, 6.07) is 4.75. The van der Waals surface area contributed by atoms with Gasteiger partial charge in [-0.3, -0.25) is 4.79 Å². The quantitative estimate of drug-likeness (QED) is 0.647. The van der Waals surface area contributed by atoms with Gasteiger partial charge in [0.25, 0.3) is 5.91 Å². The third kappa shape index (κ3) is 4.35. The van der Waals surface area contributed by atoms with E-state index in [1.807, 2.05) is 5.38 Å². The molecule has 0 N–H and O–H groups in total. The third-order valence-corrected chi connectivity index (χ3v) is 8.76. The van der Waals surface area contributed by atoms with Crippen LogP contribution in [0.15, 0.2) is 39.1 Å². The van der Waals surface area contributed by atoms with Gasteiger partial charge < -0.3 is 9.80 Å². The Morgan fingerprint density at radius 2 is 1.83 bits per heavy atom. The van der Waals surface area contributed by atoms with E-state index in [0.717, 1.165) is 30.9 Å². The van der Waals surface area contributed by atoms with E-state index in [2.05, 4.69) is 25.8 Å². The van der Waals surface area contributed by atoms with Crippen LogP contribution < -0.4 is 4.90 Å². The van der Waals surface area contributed by atoms with Crippen LogP contribution in [0.2, 0.25) is 0 Å². The maximum Gasteiger partial charge on any atom is 0.255 e. The summed E-state index contributed by atoms with van der Waals surface area (Å²) < 4.78 is 27.9. The van der Waals surface area contributed by atoms with Crippen LogP contribution in [-0.2, 0) is 10.0 Å². The predicted molar refractivity (Wildman–Crippen MR) is 117 cm³/mol. The lowest BCUT2D eigenvalue weighted by molar-refractivity contribution is 0.0766. The Hall–Kier alpha value is -1.49. The van der Waals surface area contributed by atoms with Gasteiger partial charge in [-0.05, 0) is 53.4 Å². The van der Waals surface area contributed by atoms with E-state index in [1.165, 1.54) is 10.4 Å². The molecule has 2 fully saturated rings. The van der Waals surface area contributed by atoms with Crippen molar-refractivity contribution in [2.24, 2.45) is 0 Å². The fourth-order valence-electron chi connectivity index (χ4n) is 3.76. The van der Waals surface area contributed by atoms with E-state index >= 15 is 0 Å². The monoisotopic (exact) mass is 498 g/mol. The highest BCUT2D eigenvalue weighted by atomic mass is 79.9. The summed E-state index contributed by atoms with van der Waals surface area (Å²) in [6.07, 6.45) is 4.39. The van der Waals surface area contributed by atoms with Crippen molar-refractivity contribution >= 4 is 48.3 Å². The first-order valence-corrected chi connectivity index (χ1v) is 12.8. The van der Waals surface area contributed by atoms with E-state index in [4.69, 9.17) is 0 Å². The molecule has 2 aromatic rings. The maximum atomic E-state index is 13.2. The molecule has 0 unspecified atom stereocenters. The van der Waals surface area contributed by atoms with Gasteiger partial charge in [0.1, 0.15) is 0 Å². The van der Waals surface area contributed by atoms with Crippen LogP contribution in [-0.4, -0.2) is 67.8 Å². The Morgan fingerprint density at radius 3 is 2.55 bits per heavy atom. The van der Waals surface area contributed by atoms with Gasteiger partial charge in [-0.1, -0.05) is 0 Å². The molecular formula is C19H23BrN4O3S2. The predicted octanol–water partition coefficient (Wildman–Crippen LogP) is 3.04. The zero-order chi connectivity index (χ0) is 20.4. The SMILES string of the molecule is O=C(c1cc(S(=O)(=O)N2CCCC2)ccc1Br)N1CCCN(c2nccs2)CC1. The fourth-order valence-corrected chi connectivity index (χ4v) is 6.42. The van der Waals surface area contributed by atoms with Crippen molar-refractivity contribution in [2.75, 3.05) is 44.2 Å². The maximum absolute atomic E-state index is 13.2. The minimum Gasteiger partial charge on any atom is -0.346 e. The lowest BCUT2D eigenvalue weighted by Gasteiger charge is -2.23. The molecule has 0 saturated carbocycles. The van der Waals surface area contributed by atoms with E-state index in [1.54, 1.807) is 34.6 Å². The van der Waals surface area contributed by atoms with Crippen molar-refractivity contribution in [2.45, 2.75) is 24.2 Å². The molecule has 29 heavy (non-hydrogen) atoms.